The van der Waals surface area contributed by atoms with Crippen LogP contribution in [0.25, 0.3) is 10.2 Å². The zero-order chi connectivity index (χ0) is 13.3. The molecule has 0 atom stereocenters. The average Bonchev–Trinajstić information content (AvgIpc) is 3.02. The second-order valence-corrected chi connectivity index (χ2v) is 6.21. The molecule has 1 aliphatic rings. The van der Waals surface area contributed by atoms with Gasteiger partial charge in [-0.2, -0.15) is 0 Å². The van der Waals surface area contributed by atoms with Crippen molar-refractivity contribution in [2.45, 2.75) is 19.3 Å². The Bertz CT molecular complexity index is 577. The maximum atomic E-state index is 6.17. The van der Waals surface area contributed by atoms with Crippen molar-refractivity contribution in [1.29, 1.82) is 0 Å². The predicted octanol–water partition coefficient (Wildman–Crippen LogP) is 3.11. The molecular formula is C14H19N3OS. The summed E-state index contributed by atoms with van der Waals surface area (Å²) in [7, 11) is 1.76. The van der Waals surface area contributed by atoms with Gasteiger partial charge in [-0.1, -0.05) is 0 Å². The minimum Gasteiger partial charge on any atom is -0.395 e. The molecule has 0 spiro atoms. The Balaban J connectivity index is 1.70. The van der Waals surface area contributed by atoms with E-state index in [2.05, 4.69) is 22.4 Å². The van der Waals surface area contributed by atoms with Gasteiger partial charge in [0, 0.05) is 20.3 Å². The van der Waals surface area contributed by atoms with Gasteiger partial charge < -0.3 is 15.8 Å². The molecule has 0 unspecified atom stereocenters. The van der Waals surface area contributed by atoms with Gasteiger partial charge in [0.05, 0.1) is 21.6 Å². The number of anilines is 2. The minimum atomic E-state index is 0.416. The standard InChI is InChI=1S/C14H19N3OS/c1-18-7-6-14(4-5-14)8-16-10-2-3-11-13(12(10)15)17-9-19-11/h2-3,9,16H,4-8,15H2,1H3. The fraction of sp³-hybridized carbons (Fsp3) is 0.500. The summed E-state index contributed by atoms with van der Waals surface area (Å²) in [4.78, 5) is 4.32. The number of aromatic nitrogens is 1. The van der Waals surface area contributed by atoms with Gasteiger partial charge in [-0.3, -0.25) is 0 Å². The number of nitrogen functional groups attached to an aromatic ring is 1. The highest BCUT2D eigenvalue weighted by molar-refractivity contribution is 7.16. The molecule has 3 rings (SSSR count). The van der Waals surface area contributed by atoms with Gasteiger partial charge >= 0.3 is 0 Å². The van der Waals surface area contributed by atoms with Crippen LogP contribution in [-0.2, 0) is 4.74 Å². The summed E-state index contributed by atoms with van der Waals surface area (Å²) in [6, 6.07) is 4.14. The first-order valence-electron chi connectivity index (χ1n) is 6.59. The maximum Gasteiger partial charge on any atom is 0.106 e. The van der Waals surface area contributed by atoms with Crippen LogP contribution in [0.3, 0.4) is 0 Å². The number of hydrogen-bond donors (Lipinski definition) is 2. The molecule has 0 amide bonds. The first kappa shape index (κ1) is 12.7. The monoisotopic (exact) mass is 277 g/mol. The Hall–Kier alpha value is -1.33. The van der Waals surface area contributed by atoms with Gasteiger partial charge in [-0.15, -0.1) is 11.3 Å². The van der Waals surface area contributed by atoms with Gasteiger partial charge in [-0.05, 0) is 36.8 Å². The third kappa shape index (κ3) is 2.53. The number of nitrogens with zero attached hydrogens (tertiary/aromatic N) is 1. The molecule has 0 saturated heterocycles. The average molecular weight is 277 g/mol. The second kappa shape index (κ2) is 4.98. The predicted molar refractivity (Wildman–Crippen MR) is 80.7 cm³/mol. The lowest BCUT2D eigenvalue weighted by Crippen LogP contribution is -2.17. The van der Waals surface area contributed by atoms with Gasteiger partial charge in [0.1, 0.15) is 5.52 Å². The fourth-order valence-corrected chi connectivity index (χ4v) is 3.09. The van der Waals surface area contributed by atoms with E-state index < -0.39 is 0 Å². The normalized spacial score (nSPS) is 16.7. The molecule has 1 aliphatic carbocycles. The van der Waals surface area contributed by atoms with Crippen LogP contribution >= 0.6 is 11.3 Å². The summed E-state index contributed by atoms with van der Waals surface area (Å²) in [5.41, 5.74) is 11.1. The molecule has 1 aromatic heterocycles. The molecule has 1 aromatic carbocycles. The number of nitrogens with one attached hydrogen (secondary N) is 1. The van der Waals surface area contributed by atoms with Crippen molar-refractivity contribution in [3.8, 4) is 0 Å². The zero-order valence-corrected chi connectivity index (χ0v) is 11.9. The smallest absolute Gasteiger partial charge is 0.106 e. The van der Waals surface area contributed by atoms with Gasteiger partial charge in [-0.25, -0.2) is 4.98 Å². The first-order valence-corrected chi connectivity index (χ1v) is 7.47. The fourth-order valence-electron chi connectivity index (χ4n) is 2.40. The lowest BCUT2D eigenvalue weighted by atomic mass is 10.0. The van der Waals surface area contributed by atoms with Crippen LogP contribution in [0.2, 0.25) is 0 Å². The van der Waals surface area contributed by atoms with Crippen molar-refractivity contribution in [2.75, 3.05) is 31.3 Å². The van der Waals surface area contributed by atoms with Crippen LogP contribution in [0.1, 0.15) is 19.3 Å². The third-order valence-electron chi connectivity index (χ3n) is 3.99. The summed E-state index contributed by atoms with van der Waals surface area (Å²) >= 11 is 1.62. The van der Waals surface area contributed by atoms with Crippen molar-refractivity contribution >= 4 is 32.9 Å². The highest BCUT2D eigenvalue weighted by Crippen LogP contribution is 2.49. The van der Waals surface area contributed by atoms with Crippen molar-refractivity contribution in [2.24, 2.45) is 5.41 Å². The van der Waals surface area contributed by atoms with E-state index in [1.807, 2.05) is 5.51 Å². The number of methoxy groups -OCH3 is 1. The van der Waals surface area contributed by atoms with Crippen LogP contribution in [0.15, 0.2) is 17.6 Å². The number of benzene rings is 1. The van der Waals surface area contributed by atoms with Crippen LogP contribution in [0, 0.1) is 5.41 Å². The SMILES string of the molecule is COCCC1(CNc2ccc3scnc3c2N)CC1. The van der Waals surface area contributed by atoms with E-state index in [1.54, 1.807) is 18.4 Å². The van der Waals surface area contributed by atoms with Crippen LogP contribution in [-0.4, -0.2) is 25.2 Å². The summed E-state index contributed by atoms with van der Waals surface area (Å²) < 4.78 is 6.32. The largest absolute Gasteiger partial charge is 0.395 e. The van der Waals surface area contributed by atoms with E-state index in [1.165, 1.54) is 12.8 Å². The molecular weight excluding hydrogens is 258 g/mol. The summed E-state index contributed by atoms with van der Waals surface area (Å²) in [6.07, 6.45) is 3.68. The topological polar surface area (TPSA) is 60.2 Å². The van der Waals surface area contributed by atoms with Crippen LogP contribution in [0.5, 0.6) is 0 Å². The Morgan fingerprint density at radius 2 is 2.32 bits per heavy atom. The number of fused-ring (bicyclic) bond motifs is 1. The van der Waals surface area contributed by atoms with E-state index in [4.69, 9.17) is 10.5 Å². The molecule has 1 fully saturated rings. The van der Waals surface area contributed by atoms with E-state index in [-0.39, 0.29) is 0 Å². The van der Waals surface area contributed by atoms with Crippen molar-refractivity contribution in [1.82, 2.24) is 4.98 Å². The second-order valence-electron chi connectivity index (χ2n) is 5.32. The highest BCUT2D eigenvalue weighted by Gasteiger charge is 2.41. The van der Waals surface area contributed by atoms with Crippen molar-refractivity contribution in [3.05, 3.63) is 17.6 Å². The Morgan fingerprint density at radius 3 is 3.05 bits per heavy atom. The molecule has 19 heavy (non-hydrogen) atoms. The van der Waals surface area contributed by atoms with Gasteiger partial charge in [0.25, 0.3) is 0 Å². The summed E-state index contributed by atoms with van der Waals surface area (Å²) in [5.74, 6) is 0. The number of hydrogen-bond acceptors (Lipinski definition) is 5. The minimum absolute atomic E-state index is 0.416. The van der Waals surface area contributed by atoms with E-state index in [0.29, 0.717) is 5.41 Å². The molecule has 4 nitrogen and oxygen atoms in total. The molecule has 102 valence electrons. The van der Waals surface area contributed by atoms with Gasteiger partial charge in [0.15, 0.2) is 0 Å². The lowest BCUT2D eigenvalue weighted by molar-refractivity contribution is 0.175. The molecule has 1 saturated carbocycles. The molecule has 3 N–H and O–H groups in total. The third-order valence-corrected chi connectivity index (χ3v) is 4.78. The molecule has 0 bridgehead atoms. The highest BCUT2D eigenvalue weighted by atomic mass is 32.1. The molecule has 5 heteroatoms. The van der Waals surface area contributed by atoms with Crippen LogP contribution < -0.4 is 11.1 Å². The van der Waals surface area contributed by atoms with E-state index in [0.717, 1.165) is 41.2 Å². The molecule has 0 radical (unpaired) electrons. The Labute approximate surface area is 117 Å². The summed E-state index contributed by atoms with van der Waals surface area (Å²) in [5, 5.41) is 3.49. The number of nitrogens with two attached hydrogens (primary N) is 1. The summed E-state index contributed by atoms with van der Waals surface area (Å²) in [6.45, 7) is 1.80. The maximum absolute atomic E-state index is 6.17. The zero-order valence-electron chi connectivity index (χ0n) is 11.1. The van der Waals surface area contributed by atoms with Crippen LogP contribution in [0.4, 0.5) is 11.4 Å². The first-order chi connectivity index (χ1) is 9.24. The van der Waals surface area contributed by atoms with E-state index in [9.17, 15) is 0 Å². The van der Waals surface area contributed by atoms with Crippen molar-refractivity contribution in [3.63, 3.8) is 0 Å². The Kier molecular flexibility index (Phi) is 3.33. The number of thiazole rings is 1. The molecule has 1 heterocycles. The quantitative estimate of drug-likeness (QED) is 0.796. The Morgan fingerprint density at radius 1 is 1.47 bits per heavy atom. The van der Waals surface area contributed by atoms with Gasteiger partial charge in [0.2, 0.25) is 0 Å². The molecule has 0 aliphatic heterocycles. The van der Waals surface area contributed by atoms with Crippen molar-refractivity contribution < 1.29 is 4.74 Å². The lowest BCUT2D eigenvalue weighted by Gasteiger charge is -2.17. The molecule has 2 aromatic rings. The van der Waals surface area contributed by atoms with E-state index >= 15 is 0 Å². The number of ether oxygens (including phenoxy) is 1. The number of rotatable bonds is 6.